The second kappa shape index (κ2) is 5.49. The lowest BCUT2D eigenvalue weighted by Crippen LogP contribution is -2.23. The van der Waals surface area contributed by atoms with Crippen molar-refractivity contribution in [3.63, 3.8) is 0 Å². The van der Waals surface area contributed by atoms with Crippen LogP contribution >= 0.6 is 0 Å². The summed E-state index contributed by atoms with van der Waals surface area (Å²) >= 11 is 0. The molecule has 1 heterocycles. The summed E-state index contributed by atoms with van der Waals surface area (Å²) in [6.07, 6.45) is 1.16. The molecule has 0 aromatic carbocycles. The molecule has 0 spiro atoms. The molecule has 1 atom stereocenters. The molecule has 0 amide bonds. The third-order valence-corrected chi connectivity index (χ3v) is 2.18. The van der Waals surface area contributed by atoms with Crippen molar-refractivity contribution in [1.29, 1.82) is 0 Å². The van der Waals surface area contributed by atoms with Gasteiger partial charge in [0.2, 0.25) is 0 Å². The first-order valence-electron chi connectivity index (χ1n) is 4.77. The van der Waals surface area contributed by atoms with E-state index in [1.54, 1.807) is 0 Å². The van der Waals surface area contributed by atoms with Gasteiger partial charge in [0.05, 0.1) is 0 Å². The van der Waals surface area contributed by atoms with E-state index in [1.165, 1.54) is 0 Å². The Kier molecular flexibility index (Phi) is 4.54. The Labute approximate surface area is 73.7 Å². The topological polar surface area (TPSA) is 12.5 Å². The van der Waals surface area contributed by atoms with Crippen LogP contribution in [-0.4, -0.2) is 43.9 Å². The van der Waals surface area contributed by atoms with E-state index in [2.05, 4.69) is 4.90 Å². The largest absolute Gasteiger partial charge is 0.382 e. The molecule has 1 saturated heterocycles. The maximum absolute atomic E-state index is 12.7. The van der Waals surface area contributed by atoms with Crippen LogP contribution in [0.4, 0.5) is 4.39 Å². The molecule has 2 nitrogen and oxygen atoms in total. The number of likely N-dealkylation sites (tertiary alicyclic amines) is 1. The summed E-state index contributed by atoms with van der Waals surface area (Å²) in [7, 11) is 0. The Morgan fingerprint density at radius 2 is 2.42 bits per heavy atom. The normalized spacial score (nSPS) is 25.0. The van der Waals surface area contributed by atoms with Crippen LogP contribution in [0.5, 0.6) is 0 Å². The fourth-order valence-corrected chi connectivity index (χ4v) is 1.52. The highest BCUT2D eigenvalue weighted by atomic mass is 19.1. The van der Waals surface area contributed by atoms with Gasteiger partial charge in [-0.2, -0.15) is 0 Å². The van der Waals surface area contributed by atoms with Crippen LogP contribution in [0.2, 0.25) is 0 Å². The Balaban J connectivity index is 1.93. The molecule has 12 heavy (non-hydrogen) atoms. The number of rotatable bonds is 5. The number of hydrogen-bond acceptors (Lipinski definition) is 2. The number of alkyl halides is 1. The van der Waals surface area contributed by atoms with Gasteiger partial charge in [-0.25, -0.2) is 4.39 Å². The summed E-state index contributed by atoms with van der Waals surface area (Å²) in [5.41, 5.74) is 0. The van der Waals surface area contributed by atoms with Crippen molar-refractivity contribution in [2.45, 2.75) is 25.9 Å². The van der Waals surface area contributed by atoms with E-state index in [0.29, 0.717) is 13.0 Å². The molecule has 3 heteroatoms. The van der Waals surface area contributed by atoms with E-state index >= 15 is 0 Å². The van der Waals surface area contributed by atoms with Gasteiger partial charge in [0.1, 0.15) is 6.17 Å². The molecule has 0 aliphatic carbocycles. The van der Waals surface area contributed by atoms with Crippen LogP contribution in [0.3, 0.4) is 0 Å². The zero-order chi connectivity index (χ0) is 8.81. The number of hydrogen-bond donors (Lipinski definition) is 0. The van der Waals surface area contributed by atoms with Crippen molar-refractivity contribution in [3.05, 3.63) is 0 Å². The van der Waals surface area contributed by atoms with Gasteiger partial charge in [0.25, 0.3) is 0 Å². The standard InChI is InChI=1S/C9H18FNO/c1-2-12-7-3-5-11-6-4-9(10)8-11/h9H,2-8H2,1H3. The van der Waals surface area contributed by atoms with Gasteiger partial charge in [-0.1, -0.05) is 0 Å². The minimum absolute atomic E-state index is 0.586. The molecule has 0 N–H and O–H groups in total. The molecule has 0 aromatic rings. The van der Waals surface area contributed by atoms with Crippen LogP contribution in [-0.2, 0) is 4.74 Å². The maximum atomic E-state index is 12.7. The van der Waals surface area contributed by atoms with Crippen molar-refractivity contribution in [1.82, 2.24) is 4.90 Å². The molecule has 0 saturated carbocycles. The van der Waals surface area contributed by atoms with Crippen molar-refractivity contribution in [2.24, 2.45) is 0 Å². The summed E-state index contributed by atoms with van der Waals surface area (Å²) in [6, 6.07) is 0. The molecule has 1 fully saturated rings. The zero-order valence-electron chi connectivity index (χ0n) is 7.76. The molecule has 0 aromatic heterocycles. The summed E-state index contributed by atoms with van der Waals surface area (Å²) in [4.78, 5) is 2.17. The minimum Gasteiger partial charge on any atom is -0.382 e. The maximum Gasteiger partial charge on any atom is 0.114 e. The first-order chi connectivity index (χ1) is 5.83. The minimum atomic E-state index is -0.586. The number of halogens is 1. The summed E-state index contributed by atoms with van der Waals surface area (Å²) in [5.74, 6) is 0. The zero-order valence-corrected chi connectivity index (χ0v) is 7.76. The highest BCUT2D eigenvalue weighted by molar-refractivity contribution is 4.74. The van der Waals surface area contributed by atoms with E-state index in [1.807, 2.05) is 6.92 Å². The molecular formula is C9H18FNO. The first-order valence-corrected chi connectivity index (χ1v) is 4.77. The van der Waals surface area contributed by atoms with Crippen molar-refractivity contribution in [3.8, 4) is 0 Å². The third-order valence-electron chi connectivity index (χ3n) is 2.18. The van der Waals surface area contributed by atoms with Crippen LogP contribution in [0.15, 0.2) is 0 Å². The van der Waals surface area contributed by atoms with Gasteiger partial charge in [0, 0.05) is 32.8 Å². The predicted molar refractivity (Wildman–Crippen MR) is 47.1 cm³/mol. The Morgan fingerprint density at radius 1 is 1.58 bits per heavy atom. The van der Waals surface area contributed by atoms with Crippen molar-refractivity contribution >= 4 is 0 Å². The molecule has 1 aliphatic rings. The van der Waals surface area contributed by atoms with E-state index in [0.717, 1.165) is 32.7 Å². The molecule has 1 aliphatic heterocycles. The van der Waals surface area contributed by atoms with Crippen molar-refractivity contribution in [2.75, 3.05) is 32.8 Å². The Morgan fingerprint density at radius 3 is 3.00 bits per heavy atom. The van der Waals surface area contributed by atoms with Gasteiger partial charge >= 0.3 is 0 Å². The summed E-state index contributed by atoms with van der Waals surface area (Å²) < 4.78 is 17.9. The molecule has 0 radical (unpaired) electrons. The van der Waals surface area contributed by atoms with Crippen LogP contribution in [0.25, 0.3) is 0 Å². The van der Waals surface area contributed by atoms with Crippen LogP contribution in [0, 0.1) is 0 Å². The highest BCUT2D eigenvalue weighted by Crippen LogP contribution is 2.11. The predicted octanol–water partition coefficient (Wildman–Crippen LogP) is 1.46. The SMILES string of the molecule is CCOCCCN1CCC(F)C1. The van der Waals surface area contributed by atoms with E-state index in [4.69, 9.17) is 4.74 Å². The first kappa shape index (κ1) is 9.93. The third kappa shape index (κ3) is 3.50. The molecule has 1 rings (SSSR count). The second-order valence-corrected chi connectivity index (χ2v) is 3.24. The molecule has 1 unspecified atom stereocenters. The van der Waals surface area contributed by atoms with Gasteiger partial charge in [0.15, 0.2) is 0 Å². The van der Waals surface area contributed by atoms with Gasteiger partial charge < -0.3 is 9.64 Å². The molecule has 0 bridgehead atoms. The lowest BCUT2D eigenvalue weighted by Gasteiger charge is -2.13. The second-order valence-electron chi connectivity index (χ2n) is 3.24. The number of nitrogens with zero attached hydrogens (tertiary/aromatic N) is 1. The van der Waals surface area contributed by atoms with Gasteiger partial charge in [-0.3, -0.25) is 0 Å². The molecular weight excluding hydrogens is 157 g/mol. The van der Waals surface area contributed by atoms with E-state index in [-0.39, 0.29) is 0 Å². The average molecular weight is 175 g/mol. The van der Waals surface area contributed by atoms with Gasteiger partial charge in [-0.05, 0) is 19.8 Å². The smallest absolute Gasteiger partial charge is 0.114 e. The molecule has 72 valence electrons. The quantitative estimate of drug-likeness (QED) is 0.586. The van der Waals surface area contributed by atoms with Gasteiger partial charge in [-0.15, -0.1) is 0 Å². The van der Waals surface area contributed by atoms with Crippen LogP contribution in [0.1, 0.15) is 19.8 Å². The highest BCUT2D eigenvalue weighted by Gasteiger charge is 2.20. The average Bonchev–Trinajstić information content (AvgIpc) is 2.45. The van der Waals surface area contributed by atoms with E-state index in [9.17, 15) is 4.39 Å². The monoisotopic (exact) mass is 175 g/mol. The lowest BCUT2D eigenvalue weighted by molar-refractivity contribution is 0.134. The van der Waals surface area contributed by atoms with E-state index < -0.39 is 6.17 Å². The Hall–Kier alpha value is -0.150. The summed E-state index contributed by atoms with van der Waals surface area (Å²) in [6.45, 7) is 6.13. The Bertz CT molecular complexity index is 121. The van der Waals surface area contributed by atoms with Crippen LogP contribution < -0.4 is 0 Å². The fraction of sp³-hybridized carbons (Fsp3) is 1.00. The van der Waals surface area contributed by atoms with Crippen molar-refractivity contribution < 1.29 is 9.13 Å². The number of ether oxygens (including phenoxy) is 1. The fourth-order valence-electron chi connectivity index (χ4n) is 1.52. The summed E-state index contributed by atoms with van der Waals surface area (Å²) in [5, 5.41) is 0. The lowest BCUT2D eigenvalue weighted by atomic mass is 10.3.